The summed E-state index contributed by atoms with van der Waals surface area (Å²) >= 11 is 12.7. The number of nitrogens with zero attached hydrogens (tertiary/aromatic N) is 16. The zero-order valence-corrected chi connectivity index (χ0v) is 61.3. The number of benzene rings is 4. The average molecular weight is 1480 g/mol. The van der Waals surface area contributed by atoms with Crippen molar-refractivity contribution in [3.63, 3.8) is 0 Å². The van der Waals surface area contributed by atoms with Gasteiger partial charge in [0.1, 0.15) is 11.6 Å². The normalized spacial score (nSPS) is 16.6. The third-order valence-electron chi connectivity index (χ3n) is 17.9. The molecule has 0 unspecified atom stereocenters. The number of likely N-dealkylation sites (N-methyl/N-ethyl adjacent to an activating group) is 2. The van der Waals surface area contributed by atoms with E-state index in [-0.39, 0.29) is 16.8 Å². The van der Waals surface area contributed by atoms with Crippen LogP contribution in [-0.4, -0.2) is 222 Å². The summed E-state index contributed by atoms with van der Waals surface area (Å²) in [6.07, 6.45) is 16.7. The number of hydrogen-bond donors (Lipinski definition) is 4. The molecule has 95 heavy (non-hydrogen) atoms. The molecule has 0 aliphatic carbocycles. The van der Waals surface area contributed by atoms with Gasteiger partial charge in [0.15, 0.2) is 19.7 Å². The Bertz CT molecular complexity index is 4240. The van der Waals surface area contributed by atoms with Gasteiger partial charge in [0.25, 0.3) is 0 Å². The lowest BCUT2D eigenvalue weighted by Gasteiger charge is -2.43. The van der Waals surface area contributed by atoms with E-state index in [1.54, 1.807) is 43.0 Å². The van der Waals surface area contributed by atoms with Gasteiger partial charge in [-0.1, -0.05) is 0 Å². The molecule has 0 amide bonds. The molecule has 8 aromatic rings. The van der Waals surface area contributed by atoms with Gasteiger partial charge < -0.3 is 51.1 Å². The molecule has 4 aliphatic heterocycles. The Kier molecular flexibility index (Phi) is 23.2. The Balaban J connectivity index is 0.000000172. The topological polar surface area (TPSA) is 259 Å². The SMILES string of the molecule is CS(=O)(=O)Cc1c(Nc2nc(Cl)ncc2Br)ccc2nccnc12.Cc1cc(N)c(N(C)C)cc1N1CCC(N2CCN(C)CC2)CC1.Cc1cc(Nc2ncc(Br)c(Nc3ccc4nccnc4c3CS(C)(=O)=O)n2)c(N(C)C)cc1N1CCC(N2CCN(C)CC2)CC1. The van der Waals surface area contributed by atoms with Gasteiger partial charge in [-0.25, -0.2) is 26.8 Å². The summed E-state index contributed by atoms with van der Waals surface area (Å²) in [5, 5.41) is 9.92. The molecule has 4 aromatic heterocycles. The average Bonchev–Trinajstić information content (AvgIpc) is 0.818. The number of nitrogen functional groups attached to an aromatic ring is 1. The van der Waals surface area contributed by atoms with Crippen molar-refractivity contribution in [2.75, 3.05) is 175 Å². The maximum atomic E-state index is 12.4. The second-order valence-electron chi connectivity index (χ2n) is 25.5. The van der Waals surface area contributed by atoms with Crippen LogP contribution in [0, 0.1) is 13.8 Å². The summed E-state index contributed by atoms with van der Waals surface area (Å²) in [7, 11) is 6.01. The summed E-state index contributed by atoms with van der Waals surface area (Å²) in [6.45, 7) is 18.2. The van der Waals surface area contributed by atoms with Crippen molar-refractivity contribution in [3.8, 4) is 0 Å². The molecular weight excluding hydrogens is 1400 g/mol. The molecule has 29 heteroatoms. The van der Waals surface area contributed by atoms with Crippen LogP contribution < -0.4 is 41.3 Å². The van der Waals surface area contributed by atoms with E-state index >= 15 is 0 Å². The van der Waals surface area contributed by atoms with E-state index in [4.69, 9.17) is 22.3 Å². The first-order valence-corrected chi connectivity index (χ1v) is 37.9. The summed E-state index contributed by atoms with van der Waals surface area (Å²) in [4.78, 5) is 54.1. The van der Waals surface area contributed by atoms with E-state index in [1.807, 2.05) is 20.2 Å². The Morgan fingerprint density at radius 3 is 1.41 bits per heavy atom. The number of rotatable bonds is 16. The van der Waals surface area contributed by atoms with Crippen LogP contribution in [0.25, 0.3) is 22.1 Å². The van der Waals surface area contributed by atoms with E-state index in [0.29, 0.717) is 77.1 Å². The summed E-state index contributed by atoms with van der Waals surface area (Å²) in [5.41, 5.74) is 19.7. The Hall–Kier alpha value is -6.89. The number of halogens is 3. The minimum absolute atomic E-state index is 0.0749. The van der Waals surface area contributed by atoms with Gasteiger partial charge in [-0.15, -0.1) is 0 Å². The van der Waals surface area contributed by atoms with Gasteiger partial charge in [0, 0.05) is 202 Å². The molecule has 24 nitrogen and oxygen atoms in total. The number of aromatic nitrogens is 8. The molecular formula is C66H87Br2ClN20O4S2. The first-order valence-electron chi connectivity index (χ1n) is 31.8. The van der Waals surface area contributed by atoms with Crippen molar-refractivity contribution in [2.45, 2.75) is 63.1 Å². The molecule has 8 heterocycles. The van der Waals surface area contributed by atoms with Crippen molar-refractivity contribution < 1.29 is 16.8 Å². The number of anilines is 11. The third-order valence-corrected chi connectivity index (χ3v) is 20.8. The molecule has 4 aliphatic rings. The largest absolute Gasteiger partial charge is 0.397 e. The molecule has 0 bridgehead atoms. The van der Waals surface area contributed by atoms with Crippen LogP contribution in [0.1, 0.15) is 47.9 Å². The van der Waals surface area contributed by atoms with E-state index in [0.717, 1.165) is 68.1 Å². The predicted octanol–water partition coefficient (Wildman–Crippen LogP) is 9.79. The highest BCUT2D eigenvalue weighted by atomic mass is 79.9. The highest BCUT2D eigenvalue weighted by molar-refractivity contribution is 9.11. The van der Waals surface area contributed by atoms with Crippen LogP contribution in [0.2, 0.25) is 5.28 Å². The van der Waals surface area contributed by atoms with Crippen LogP contribution in [0.3, 0.4) is 0 Å². The molecule has 12 rings (SSSR count). The molecule has 0 radical (unpaired) electrons. The molecule has 508 valence electrons. The summed E-state index contributed by atoms with van der Waals surface area (Å²) in [5.74, 6) is 0.951. The monoisotopic (exact) mass is 1480 g/mol. The Morgan fingerprint density at radius 2 is 0.958 bits per heavy atom. The minimum atomic E-state index is -3.36. The molecule has 5 N–H and O–H groups in total. The fraction of sp³-hybridized carbons (Fsp3) is 0.455. The van der Waals surface area contributed by atoms with Gasteiger partial charge in [0.2, 0.25) is 11.2 Å². The number of nitrogens with two attached hydrogens (primary N) is 1. The van der Waals surface area contributed by atoms with E-state index in [2.05, 4.69) is 188 Å². The van der Waals surface area contributed by atoms with Crippen molar-refractivity contribution in [1.82, 2.24) is 59.5 Å². The quantitative estimate of drug-likeness (QED) is 0.0518. The number of fused-ring (bicyclic) bond motifs is 2. The van der Waals surface area contributed by atoms with Crippen LogP contribution in [-0.2, 0) is 31.2 Å². The van der Waals surface area contributed by atoms with Gasteiger partial charge in [0.05, 0.1) is 65.3 Å². The Morgan fingerprint density at radius 1 is 0.537 bits per heavy atom. The standard InChI is InChI=1S/C33H43BrN10O2S.C19H33N5.C14H11BrClN5O2S/c1-22-18-28(30(41(2)3)19-29(22)44-12-8-23(9-13-44)43-16-14-42(4)15-17-43)39-33-37-20-25(34)32(40-33)38-26-6-7-27-31(36-11-10-35-27)24(26)21-47(5,45)46;1-15-13-17(20)19(21(2)3)14-18(15)24-7-5-16(6-8-24)23-11-9-22(4)10-12-23;1-24(22,23)7-8-10(2-3-11-12(8)18-5-4-17-11)20-13-9(15)6-19-14(16)21-13/h6-7,10-11,18-20,23H,8-9,12-17,21H2,1-5H3,(H2,37,38,39,40);13-14,16H,5-12,20H2,1-4H3;2-6H,7H2,1H3,(H,19,20,21). The number of nitrogens with one attached hydrogen (secondary N) is 3. The van der Waals surface area contributed by atoms with Crippen molar-refractivity contribution in [2.24, 2.45) is 0 Å². The summed E-state index contributed by atoms with van der Waals surface area (Å²) in [6, 6.07) is 17.4. The fourth-order valence-electron chi connectivity index (χ4n) is 12.8. The van der Waals surface area contributed by atoms with Gasteiger partial charge in [-0.3, -0.25) is 29.7 Å². The molecule has 0 spiro atoms. The number of sulfone groups is 2. The van der Waals surface area contributed by atoms with Gasteiger partial charge in [-0.2, -0.15) is 9.97 Å². The number of aryl methyl sites for hydroxylation is 2. The molecule has 4 aromatic carbocycles. The molecule has 4 saturated heterocycles. The van der Waals surface area contributed by atoms with Crippen LogP contribution in [0.5, 0.6) is 0 Å². The third kappa shape index (κ3) is 18.4. The van der Waals surface area contributed by atoms with Crippen molar-refractivity contribution >= 4 is 148 Å². The van der Waals surface area contributed by atoms with Crippen molar-refractivity contribution in [1.29, 1.82) is 0 Å². The highest BCUT2D eigenvalue weighted by Crippen LogP contribution is 2.39. The van der Waals surface area contributed by atoms with Gasteiger partial charge in [-0.05, 0) is 157 Å². The van der Waals surface area contributed by atoms with Crippen LogP contribution in [0.15, 0.2) is 94.7 Å². The van der Waals surface area contributed by atoms with Crippen LogP contribution >= 0.6 is 43.5 Å². The first kappa shape index (κ1) is 70.9. The zero-order chi connectivity index (χ0) is 67.9. The minimum Gasteiger partial charge on any atom is -0.397 e. The maximum absolute atomic E-state index is 12.4. The molecule has 0 atom stereocenters. The Labute approximate surface area is 580 Å². The number of hydrogen-bond acceptors (Lipinski definition) is 24. The molecule has 4 fully saturated rings. The van der Waals surface area contributed by atoms with E-state index in [1.165, 1.54) is 112 Å². The lowest BCUT2D eigenvalue weighted by atomic mass is 10.00. The van der Waals surface area contributed by atoms with Gasteiger partial charge >= 0.3 is 0 Å². The second-order valence-corrected chi connectivity index (χ2v) is 31.9. The second kappa shape index (κ2) is 31.1. The zero-order valence-electron chi connectivity index (χ0n) is 55.8. The predicted molar refractivity (Wildman–Crippen MR) is 395 cm³/mol. The lowest BCUT2D eigenvalue weighted by Crippen LogP contribution is -2.52. The lowest BCUT2D eigenvalue weighted by molar-refractivity contribution is 0.0982. The first-order chi connectivity index (χ1) is 45.2. The highest BCUT2D eigenvalue weighted by Gasteiger charge is 2.30. The fourth-order valence-corrected chi connectivity index (χ4v) is 15.2. The maximum Gasteiger partial charge on any atom is 0.229 e. The number of piperazine rings is 2. The van der Waals surface area contributed by atoms with Crippen molar-refractivity contribution in [3.05, 3.63) is 122 Å². The summed E-state index contributed by atoms with van der Waals surface area (Å²) < 4.78 is 49.6. The molecule has 0 saturated carbocycles. The number of piperidine rings is 2. The smallest absolute Gasteiger partial charge is 0.229 e. The van der Waals surface area contributed by atoms with E-state index < -0.39 is 19.7 Å². The van der Waals surface area contributed by atoms with E-state index in [9.17, 15) is 16.8 Å². The van der Waals surface area contributed by atoms with Crippen LogP contribution in [0.4, 0.5) is 63.1 Å².